The SMILES string of the molecule is O=C(O)c1ccccc1N(Cc1ccccc1)c1cccc(C(F)(F)F)c1. The molecule has 3 aromatic carbocycles. The molecule has 0 saturated carbocycles. The molecule has 0 radical (unpaired) electrons. The van der Waals surface area contributed by atoms with E-state index in [1.807, 2.05) is 30.3 Å². The molecule has 3 aromatic rings. The molecule has 0 unspecified atom stereocenters. The van der Waals surface area contributed by atoms with Crippen molar-refractivity contribution in [2.45, 2.75) is 12.7 Å². The molecule has 0 fully saturated rings. The van der Waals surface area contributed by atoms with Crippen LogP contribution in [0.25, 0.3) is 0 Å². The van der Waals surface area contributed by atoms with Gasteiger partial charge in [0.2, 0.25) is 0 Å². The number of aromatic carboxylic acids is 1. The maximum Gasteiger partial charge on any atom is 0.416 e. The second kappa shape index (κ2) is 7.53. The van der Waals surface area contributed by atoms with Crippen LogP contribution in [0.4, 0.5) is 24.5 Å². The van der Waals surface area contributed by atoms with Crippen molar-refractivity contribution >= 4 is 17.3 Å². The average molecular weight is 371 g/mol. The summed E-state index contributed by atoms with van der Waals surface area (Å²) in [7, 11) is 0. The topological polar surface area (TPSA) is 40.5 Å². The monoisotopic (exact) mass is 371 g/mol. The lowest BCUT2D eigenvalue weighted by Crippen LogP contribution is -2.20. The first kappa shape index (κ1) is 18.5. The molecule has 0 heterocycles. The van der Waals surface area contributed by atoms with Gasteiger partial charge in [-0.1, -0.05) is 48.5 Å². The zero-order chi connectivity index (χ0) is 19.4. The number of benzene rings is 3. The summed E-state index contributed by atoms with van der Waals surface area (Å²) >= 11 is 0. The van der Waals surface area contributed by atoms with Gasteiger partial charge in [-0.15, -0.1) is 0 Å². The highest BCUT2D eigenvalue weighted by atomic mass is 19.4. The van der Waals surface area contributed by atoms with Crippen molar-refractivity contribution in [3.05, 3.63) is 95.6 Å². The minimum Gasteiger partial charge on any atom is -0.478 e. The Labute approximate surface area is 154 Å². The zero-order valence-corrected chi connectivity index (χ0v) is 14.1. The van der Waals surface area contributed by atoms with E-state index in [0.29, 0.717) is 5.69 Å². The number of carboxylic acids is 1. The van der Waals surface area contributed by atoms with E-state index in [1.165, 1.54) is 18.2 Å². The molecule has 0 aliphatic heterocycles. The summed E-state index contributed by atoms with van der Waals surface area (Å²) in [5, 5.41) is 9.50. The molecule has 0 aliphatic carbocycles. The van der Waals surface area contributed by atoms with Gasteiger partial charge in [0.25, 0.3) is 0 Å². The van der Waals surface area contributed by atoms with Gasteiger partial charge in [-0.3, -0.25) is 0 Å². The fourth-order valence-corrected chi connectivity index (χ4v) is 2.82. The van der Waals surface area contributed by atoms with E-state index < -0.39 is 17.7 Å². The Morgan fingerprint density at radius 1 is 0.889 bits per heavy atom. The van der Waals surface area contributed by atoms with E-state index in [9.17, 15) is 23.1 Å². The molecule has 3 rings (SSSR count). The van der Waals surface area contributed by atoms with Gasteiger partial charge in [0.05, 0.1) is 16.8 Å². The first-order valence-electron chi connectivity index (χ1n) is 8.17. The van der Waals surface area contributed by atoms with Gasteiger partial charge in [0.15, 0.2) is 0 Å². The Hall–Kier alpha value is -3.28. The van der Waals surface area contributed by atoms with Crippen molar-refractivity contribution in [2.75, 3.05) is 4.90 Å². The highest BCUT2D eigenvalue weighted by Gasteiger charge is 2.31. The van der Waals surface area contributed by atoms with Crippen LogP contribution >= 0.6 is 0 Å². The van der Waals surface area contributed by atoms with Crippen molar-refractivity contribution in [1.82, 2.24) is 0 Å². The maximum absolute atomic E-state index is 13.2. The normalized spacial score (nSPS) is 11.2. The molecule has 1 N–H and O–H groups in total. The van der Waals surface area contributed by atoms with Gasteiger partial charge in [0.1, 0.15) is 0 Å². The minimum absolute atomic E-state index is 0.0193. The Bertz CT molecular complexity index is 939. The predicted molar refractivity (Wildman–Crippen MR) is 97.1 cm³/mol. The average Bonchev–Trinajstić information content (AvgIpc) is 2.66. The molecule has 0 spiro atoms. The van der Waals surface area contributed by atoms with E-state index in [2.05, 4.69) is 0 Å². The zero-order valence-electron chi connectivity index (χ0n) is 14.1. The molecule has 27 heavy (non-hydrogen) atoms. The molecule has 0 aliphatic rings. The number of hydrogen-bond acceptors (Lipinski definition) is 2. The molecule has 0 bridgehead atoms. The Kier molecular flexibility index (Phi) is 5.16. The first-order chi connectivity index (χ1) is 12.9. The summed E-state index contributed by atoms with van der Waals surface area (Å²) in [5.41, 5.74) is 0.669. The van der Waals surface area contributed by atoms with Gasteiger partial charge >= 0.3 is 12.1 Å². The predicted octanol–water partition coefficient (Wildman–Crippen LogP) is 5.74. The Balaban J connectivity index is 2.13. The molecule has 0 atom stereocenters. The van der Waals surface area contributed by atoms with Crippen LogP contribution in [0.5, 0.6) is 0 Å². The van der Waals surface area contributed by atoms with E-state index >= 15 is 0 Å². The van der Waals surface area contributed by atoms with Gasteiger partial charge in [-0.2, -0.15) is 13.2 Å². The number of hydrogen-bond donors (Lipinski definition) is 1. The van der Waals surface area contributed by atoms with Crippen LogP contribution in [-0.2, 0) is 12.7 Å². The fraction of sp³-hybridized carbons (Fsp3) is 0.0952. The van der Waals surface area contributed by atoms with Crippen molar-refractivity contribution in [3.8, 4) is 0 Å². The number of alkyl halides is 3. The summed E-state index contributed by atoms with van der Waals surface area (Å²) in [5.74, 6) is -1.14. The molecule has 0 saturated heterocycles. The van der Waals surface area contributed by atoms with Gasteiger partial charge in [-0.25, -0.2) is 4.79 Å². The summed E-state index contributed by atoms with van der Waals surface area (Å²) in [6.45, 7) is 0.229. The lowest BCUT2D eigenvalue weighted by molar-refractivity contribution is -0.137. The van der Waals surface area contributed by atoms with Crippen LogP contribution in [0.15, 0.2) is 78.9 Å². The van der Waals surface area contributed by atoms with Crippen molar-refractivity contribution in [2.24, 2.45) is 0 Å². The van der Waals surface area contributed by atoms with E-state index in [0.717, 1.165) is 17.7 Å². The second-order valence-corrected chi connectivity index (χ2v) is 5.94. The van der Waals surface area contributed by atoms with Gasteiger partial charge < -0.3 is 10.0 Å². The lowest BCUT2D eigenvalue weighted by atomic mass is 10.1. The largest absolute Gasteiger partial charge is 0.478 e. The number of rotatable bonds is 5. The van der Waals surface area contributed by atoms with Crippen LogP contribution in [0.3, 0.4) is 0 Å². The fourth-order valence-electron chi connectivity index (χ4n) is 2.82. The third-order valence-electron chi connectivity index (χ3n) is 4.09. The van der Waals surface area contributed by atoms with Crippen LogP contribution in [-0.4, -0.2) is 11.1 Å². The molecule has 6 heteroatoms. The number of carbonyl (C=O) groups is 1. The van der Waals surface area contributed by atoms with Crippen molar-refractivity contribution < 1.29 is 23.1 Å². The third-order valence-corrected chi connectivity index (χ3v) is 4.09. The third kappa shape index (κ3) is 4.28. The lowest BCUT2D eigenvalue weighted by Gasteiger charge is -2.27. The van der Waals surface area contributed by atoms with E-state index in [4.69, 9.17) is 0 Å². The van der Waals surface area contributed by atoms with Crippen molar-refractivity contribution in [1.29, 1.82) is 0 Å². The summed E-state index contributed by atoms with van der Waals surface area (Å²) < 4.78 is 39.5. The number of nitrogens with zero attached hydrogens (tertiary/aromatic N) is 1. The maximum atomic E-state index is 13.2. The first-order valence-corrected chi connectivity index (χ1v) is 8.17. The van der Waals surface area contributed by atoms with Crippen LogP contribution in [0.2, 0.25) is 0 Å². The highest BCUT2D eigenvalue weighted by Crippen LogP contribution is 2.35. The van der Waals surface area contributed by atoms with Crippen LogP contribution < -0.4 is 4.90 Å². The summed E-state index contributed by atoms with van der Waals surface area (Å²) in [4.78, 5) is 13.2. The number of halogens is 3. The molecular weight excluding hydrogens is 355 g/mol. The molecule has 138 valence electrons. The number of anilines is 2. The quantitative estimate of drug-likeness (QED) is 0.622. The number of para-hydroxylation sites is 1. The van der Waals surface area contributed by atoms with Crippen molar-refractivity contribution in [3.63, 3.8) is 0 Å². The standard InChI is InChI=1S/C21H16F3NO2/c22-21(23,24)16-9-6-10-17(13-16)25(14-15-7-2-1-3-8-15)19-12-5-4-11-18(19)20(26)27/h1-13H,14H2,(H,26,27). The smallest absolute Gasteiger partial charge is 0.416 e. The van der Waals surface area contributed by atoms with Crippen LogP contribution in [0.1, 0.15) is 21.5 Å². The van der Waals surface area contributed by atoms with Crippen LogP contribution in [0, 0.1) is 0 Å². The molecule has 0 aromatic heterocycles. The minimum atomic E-state index is -4.49. The Morgan fingerprint density at radius 3 is 2.22 bits per heavy atom. The van der Waals surface area contributed by atoms with E-state index in [-0.39, 0.29) is 17.8 Å². The number of carboxylic acid groups (broad SMARTS) is 1. The van der Waals surface area contributed by atoms with Gasteiger partial charge in [-0.05, 0) is 35.9 Å². The van der Waals surface area contributed by atoms with Gasteiger partial charge in [0, 0.05) is 12.2 Å². The Morgan fingerprint density at radius 2 is 1.56 bits per heavy atom. The summed E-state index contributed by atoms with van der Waals surface area (Å²) in [6.07, 6.45) is -4.49. The molecule has 0 amide bonds. The van der Waals surface area contributed by atoms with E-state index in [1.54, 1.807) is 23.1 Å². The molecular formula is C21H16F3NO2. The summed E-state index contributed by atoms with van der Waals surface area (Å²) in [6, 6.07) is 20.3. The molecule has 3 nitrogen and oxygen atoms in total. The highest BCUT2D eigenvalue weighted by molar-refractivity contribution is 5.95. The second-order valence-electron chi connectivity index (χ2n) is 5.94.